The van der Waals surface area contributed by atoms with Crippen LogP contribution in [0.5, 0.6) is 0 Å². The van der Waals surface area contributed by atoms with Crippen LogP contribution in [-0.2, 0) is 0 Å². The Morgan fingerprint density at radius 1 is 1.29 bits per heavy atom. The van der Waals surface area contributed by atoms with Crippen LogP contribution in [0.1, 0.15) is 16.8 Å². The number of rotatable bonds is 3. The summed E-state index contributed by atoms with van der Waals surface area (Å²) in [5.74, 6) is 0.0688. The van der Waals surface area contributed by atoms with Gasteiger partial charge >= 0.3 is 0 Å². The van der Waals surface area contributed by atoms with Crippen LogP contribution in [0.4, 0.5) is 10.2 Å². The van der Waals surface area contributed by atoms with E-state index in [9.17, 15) is 9.18 Å². The molecule has 2 atom stereocenters. The second kappa shape index (κ2) is 6.01. The van der Waals surface area contributed by atoms with E-state index in [0.29, 0.717) is 13.1 Å². The molecule has 2 unspecified atom stereocenters. The molecule has 3 aliphatic rings. The summed E-state index contributed by atoms with van der Waals surface area (Å²) in [4.78, 5) is 29.0. The molecule has 3 fully saturated rings. The Bertz CT molecular complexity index is 777. The van der Waals surface area contributed by atoms with Gasteiger partial charge in [-0.05, 0) is 24.8 Å². The molecule has 5 heterocycles. The average Bonchev–Trinajstić information content (AvgIpc) is 2.62. The van der Waals surface area contributed by atoms with E-state index in [1.54, 1.807) is 11.1 Å². The van der Waals surface area contributed by atoms with Crippen molar-refractivity contribution in [2.24, 2.45) is 0 Å². The standard InChI is InChI=1S/C16H16FN5OS/c1-24-16-19-5-3-14(20-16)21-8-10-6-11(9-21)22(10)15(23)12-2-4-18-7-13(12)17/h2-5,7,10-11H,6,8-9H2,1H3. The first-order chi connectivity index (χ1) is 11.7. The highest BCUT2D eigenvalue weighted by atomic mass is 32.2. The summed E-state index contributed by atoms with van der Waals surface area (Å²) < 4.78 is 13.8. The molecule has 1 amide bonds. The molecule has 8 heteroatoms. The number of carbonyl (C=O) groups is 1. The fourth-order valence-electron chi connectivity index (χ4n) is 3.42. The molecule has 0 aliphatic carbocycles. The van der Waals surface area contributed by atoms with Gasteiger partial charge in [0.25, 0.3) is 5.91 Å². The molecule has 2 bridgehead atoms. The van der Waals surface area contributed by atoms with Gasteiger partial charge in [0, 0.05) is 25.5 Å². The number of carbonyl (C=O) groups excluding carboxylic acids is 1. The van der Waals surface area contributed by atoms with E-state index >= 15 is 0 Å². The third-order valence-electron chi connectivity index (χ3n) is 4.56. The Kier molecular flexibility index (Phi) is 3.84. The van der Waals surface area contributed by atoms with E-state index in [2.05, 4.69) is 19.9 Å². The van der Waals surface area contributed by atoms with Gasteiger partial charge in [0.1, 0.15) is 5.82 Å². The first-order valence-electron chi connectivity index (χ1n) is 7.71. The normalized spacial score (nSPS) is 22.2. The predicted octanol–water partition coefficient (Wildman–Crippen LogP) is 1.84. The van der Waals surface area contributed by atoms with E-state index in [1.165, 1.54) is 24.0 Å². The highest BCUT2D eigenvalue weighted by Gasteiger charge is 2.48. The van der Waals surface area contributed by atoms with E-state index < -0.39 is 5.82 Å². The molecule has 24 heavy (non-hydrogen) atoms. The molecule has 2 aromatic heterocycles. The molecule has 0 radical (unpaired) electrons. The monoisotopic (exact) mass is 345 g/mol. The van der Waals surface area contributed by atoms with Crippen molar-refractivity contribution in [1.29, 1.82) is 0 Å². The maximum atomic E-state index is 13.8. The number of nitrogens with zero attached hydrogens (tertiary/aromatic N) is 5. The molecule has 0 aromatic carbocycles. The number of halogens is 1. The Labute approximate surface area is 143 Å². The number of fused-ring (bicyclic) bond motifs is 2. The second-order valence-corrected chi connectivity index (χ2v) is 6.69. The Balaban J connectivity index is 1.51. The molecule has 0 spiro atoms. The first kappa shape index (κ1) is 15.3. The summed E-state index contributed by atoms with van der Waals surface area (Å²) in [5, 5.41) is 0.735. The number of amides is 1. The van der Waals surface area contributed by atoms with Crippen LogP contribution in [0.3, 0.4) is 0 Å². The van der Waals surface area contributed by atoms with Gasteiger partial charge < -0.3 is 9.80 Å². The van der Waals surface area contributed by atoms with E-state index in [1.807, 2.05) is 12.3 Å². The minimum Gasteiger partial charge on any atom is -0.352 e. The molecule has 3 aliphatic heterocycles. The molecule has 0 N–H and O–H groups in total. The zero-order chi connectivity index (χ0) is 16.7. The zero-order valence-electron chi connectivity index (χ0n) is 13.1. The third kappa shape index (κ3) is 2.50. The topological polar surface area (TPSA) is 62.2 Å². The lowest BCUT2D eigenvalue weighted by Gasteiger charge is -2.56. The molecule has 124 valence electrons. The number of pyridine rings is 1. The van der Waals surface area contributed by atoms with Crippen LogP contribution in [0.2, 0.25) is 0 Å². The lowest BCUT2D eigenvalue weighted by molar-refractivity contribution is 0.00534. The van der Waals surface area contributed by atoms with Gasteiger partial charge in [0.05, 0.1) is 23.8 Å². The van der Waals surface area contributed by atoms with Gasteiger partial charge in [-0.3, -0.25) is 9.78 Å². The number of piperidine rings is 1. The van der Waals surface area contributed by atoms with Crippen molar-refractivity contribution < 1.29 is 9.18 Å². The summed E-state index contributed by atoms with van der Waals surface area (Å²) in [5.41, 5.74) is 0.0971. The first-order valence-corrected chi connectivity index (χ1v) is 8.94. The quantitative estimate of drug-likeness (QED) is 0.625. The minimum atomic E-state index is -0.565. The third-order valence-corrected chi connectivity index (χ3v) is 5.12. The smallest absolute Gasteiger partial charge is 0.257 e. The maximum absolute atomic E-state index is 13.8. The van der Waals surface area contributed by atoms with Gasteiger partial charge in [0.15, 0.2) is 11.0 Å². The molecular formula is C16H16FN5OS. The van der Waals surface area contributed by atoms with Crippen LogP contribution in [0.15, 0.2) is 35.9 Å². The number of anilines is 1. The SMILES string of the molecule is CSc1nccc(N2CC3CC(C2)N3C(=O)c2ccncc2F)n1. The number of hydrogen-bond acceptors (Lipinski definition) is 6. The van der Waals surface area contributed by atoms with Gasteiger partial charge in [-0.2, -0.15) is 0 Å². The molecule has 3 saturated heterocycles. The van der Waals surface area contributed by atoms with Crippen molar-refractivity contribution >= 4 is 23.5 Å². The molecule has 0 saturated carbocycles. The van der Waals surface area contributed by atoms with Gasteiger partial charge in [-0.25, -0.2) is 14.4 Å². The summed E-state index contributed by atoms with van der Waals surface area (Å²) in [6.07, 6.45) is 7.18. The van der Waals surface area contributed by atoms with Crippen molar-refractivity contribution in [3.63, 3.8) is 0 Å². The Morgan fingerprint density at radius 2 is 2.08 bits per heavy atom. The van der Waals surface area contributed by atoms with Crippen LogP contribution in [0, 0.1) is 5.82 Å². The van der Waals surface area contributed by atoms with Crippen LogP contribution >= 0.6 is 11.8 Å². The van der Waals surface area contributed by atoms with Gasteiger partial charge in [0.2, 0.25) is 0 Å². The number of piperazine rings is 1. The lowest BCUT2D eigenvalue weighted by Crippen LogP contribution is -2.70. The number of hydrogen-bond donors (Lipinski definition) is 0. The van der Waals surface area contributed by atoms with Crippen molar-refractivity contribution in [3.8, 4) is 0 Å². The van der Waals surface area contributed by atoms with E-state index in [0.717, 1.165) is 23.6 Å². The highest BCUT2D eigenvalue weighted by molar-refractivity contribution is 7.98. The Hall–Kier alpha value is -2.22. The van der Waals surface area contributed by atoms with E-state index in [-0.39, 0.29) is 23.6 Å². The largest absolute Gasteiger partial charge is 0.352 e. The van der Waals surface area contributed by atoms with Crippen LogP contribution in [-0.4, -0.2) is 57.2 Å². The molecule has 5 rings (SSSR count). The van der Waals surface area contributed by atoms with Crippen molar-refractivity contribution in [2.45, 2.75) is 23.7 Å². The fraction of sp³-hybridized carbons (Fsp3) is 0.375. The highest BCUT2D eigenvalue weighted by Crippen LogP contribution is 2.35. The average molecular weight is 345 g/mol. The van der Waals surface area contributed by atoms with Gasteiger partial charge in [-0.15, -0.1) is 0 Å². The second-order valence-electron chi connectivity index (χ2n) is 5.92. The van der Waals surface area contributed by atoms with Crippen LogP contribution in [0.25, 0.3) is 0 Å². The van der Waals surface area contributed by atoms with Crippen molar-refractivity contribution in [2.75, 3.05) is 24.2 Å². The van der Waals surface area contributed by atoms with E-state index in [4.69, 9.17) is 0 Å². The summed E-state index contributed by atoms with van der Waals surface area (Å²) in [7, 11) is 0. The number of thioether (sulfide) groups is 1. The Morgan fingerprint density at radius 3 is 2.79 bits per heavy atom. The maximum Gasteiger partial charge on any atom is 0.257 e. The van der Waals surface area contributed by atoms with Crippen molar-refractivity contribution in [3.05, 3.63) is 42.1 Å². The lowest BCUT2D eigenvalue weighted by atomic mass is 9.86. The fourth-order valence-corrected chi connectivity index (χ4v) is 3.77. The summed E-state index contributed by atoms with van der Waals surface area (Å²) >= 11 is 1.50. The molecular weight excluding hydrogens is 329 g/mol. The summed E-state index contributed by atoms with van der Waals surface area (Å²) in [6, 6.07) is 3.52. The van der Waals surface area contributed by atoms with Crippen LogP contribution < -0.4 is 4.90 Å². The summed E-state index contributed by atoms with van der Waals surface area (Å²) in [6.45, 7) is 1.42. The number of aromatic nitrogens is 3. The zero-order valence-corrected chi connectivity index (χ0v) is 13.9. The van der Waals surface area contributed by atoms with Crippen molar-refractivity contribution in [1.82, 2.24) is 19.9 Å². The van der Waals surface area contributed by atoms with Gasteiger partial charge in [-0.1, -0.05) is 11.8 Å². The molecule has 2 aromatic rings. The molecule has 6 nitrogen and oxygen atoms in total. The minimum absolute atomic E-state index is 0.0940. The predicted molar refractivity (Wildman–Crippen MR) is 88.6 cm³/mol.